The zero-order valence-corrected chi connectivity index (χ0v) is 8.51. The molecule has 12 heavy (non-hydrogen) atoms. The van der Waals surface area contributed by atoms with Gasteiger partial charge in [-0.3, -0.25) is 0 Å². The molecule has 2 nitrogen and oxygen atoms in total. The summed E-state index contributed by atoms with van der Waals surface area (Å²) in [6.45, 7) is 5.18. The fraction of sp³-hybridized carbons (Fsp3) is 1.00. The Balaban J connectivity index is 3.04. The van der Waals surface area contributed by atoms with Crippen molar-refractivity contribution in [2.24, 2.45) is 5.73 Å². The smallest absolute Gasteiger partial charge is 0.105 e. The van der Waals surface area contributed by atoms with Crippen LogP contribution >= 0.6 is 0 Å². The van der Waals surface area contributed by atoms with E-state index in [4.69, 9.17) is 10.5 Å². The van der Waals surface area contributed by atoms with Gasteiger partial charge < -0.3 is 10.5 Å². The molecule has 0 rings (SSSR count). The van der Waals surface area contributed by atoms with E-state index in [1.165, 1.54) is 25.7 Å². The first-order chi connectivity index (χ1) is 5.81. The van der Waals surface area contributed by atoms with E-state index < -0.39 is 0 Å². The number of unbranched alkanes of at least 4 members (excludes halogenated alkanes) is 3. The summed E-state index contributed by atoms with van der Waals surface area (Å²) >= 11 is 0. The van der Waals surface area contributed by atoms with Crippen LogP contribution in [-0.2, 0) is 4.74 Å². The van der Waals surface area contributed by atoms with Crippen molar-refractivity contribution < 1.29 is 4.74 Å². The van der Waals surface area contributed by atoms with Crippen molar-refractivity contribution in [2.45, 2.75) is 58.6 Å². The van der Waals surface area contributed by atoms with Gasteiger partial charge in [0.05, 0.1) is 0 Å². The standard InChI is InChI=1S/C10H23NO/c1-3-5-7-8-10(11)12-9-6-4-2/h10H,3-9,11H2,1-2H3. The Hall–Kier alpha value is -0.0800. The predicted molar refractivity (Wildman–Crippen MR) is 53.0 cm³/mol. The van der Waals surface area contributed by atoms with Crippen LogP contribution in [0.25, 0.3) is 0 Å². The SMILES string of the molecule is CCCCCC(N)OCCCC. The number of hydrogen-bond donors (Lipinski definition) is 1. The van der Waals surface area contributed by atoms with Gasteiger partial charge in [0.25, 0.3) is 0 Å². The van der Waals surface area contributed by atoms with Gasteiger partial charge in [0.1, 0.15) is 6.23 Å². The van der Waals surface area contributed by atoms with Gasteiger partial charge in [0.15, 0.2) is 0 Å². The van der Waals surface area contributed by atoms with Crippen molar-refractivity contribution in [1.29, 1.82) is 0 Å². The van der Waals surface area contributed by atoms with Crippen molar-refractivity contribution >= 4 is 0 Å². The fourth-order valence-corrected chi connectivity index (χ4v) is 1.06. The van der Waals surface area contributed by atoms with E-state index >= 15 is 0 Å². The lowest BCUT2D eigenvalue weighted by molar-refractivity contribution is 0.0484. The summed E-state index contributed by atoms with van der Waals surface area (Å²) in [5, 5.41) is 0. The third-order valence-electron chi connectivity index (χ3n) is 1.92. The van der Waals surface area contributed by atoms with Crippen LogP contribution in [0.3, 0.4) is 0 Å². The first-order valence-electron chi connectivity index (χ1n) is 5.18. The van der Waals surface area contributed by atoms with E-state index in [1.807, 2.05) is 0 Å². The molecular weight excluding hydrogens is 150 g/mol. The zero-order valence-electron chi connectivity index (χ0n) is 8.51. The Morgan fingerprint density at radius 1 is 1.08 bits per heavy atom. The van der Waals surface area contributed by atoms with Gasteiger partial charge in [-0.1, -0.05) is 33.1 Å². The highest BCUT2D eigenvalue weighted by atomic mass is 16.5. The van der Waals surface area contributed by atoms with Crippen LogP contribution in [-0.4, -0.2) is 12.8 Å². The molecule has 0 aliphatic rings. The van der Waals surface area contributed by atoms with Gasteiger partial charge in [0, 0.05) is 6.61 Å². The van der Waals surface area contributed by atoms with Crippen molar-refractivity contribution in [1.82, 2.24) is 0 Å². The number of nitrogens with two attached hydrogens (primary N) is 1. The van der Waals surface area contributed by atoms with Crippen LogP contribution < -0.4 is 5.73 Å². The van der Waals surface area contributed by atoms with Crippen molar-refractivity contribution in [2.75, 3.05) is 6.61 Å². The maximum absolute atomic E-state index is 5.73. The highest BCUT2D eigenvalue weighted by molar-refractivity contribution is 4.49. The molecule has 0 saturated carbocycles. The number of rotatable bonds is 8. The molecule has 0 aromatic rings. The van der Waals surface area contributed by atoms with Crippen molar-refractivity contribution in [3.8, 4) is 0 Å². The summed E-state index contributed by atoms with van der Waals surface area (Å²) in [6, 6.07) is 0. The van der Waals surface area contributed by atoms with Gasteiger partial charge in [-0.25, -0.2) is 0 Å². The van der Waals surface area contributed by atoms with E-state index in [0.29, 0.717) is 0 Å². The lowest BCUT2D eigenvalue weighted by atomic mass is 10.2. The Morgan fingerprint density at radius 2 is 1.75 bits per heavy atom. The maximum Gasteiger partial charge on any atom is 0.105 e. The lowest BCUT2D eigenvalue weighted by Gasteiger charge is -2.11. The molecule has 74 valence electrons. The maximum atomic E-state index is 5.73. The second-order valence-corrected chi connectivity index (χ2v) is 3.26. The lowest BCUT2D eigenvalue weighted by Crippen LogP contribution is -2.24. The Morgan fingerprint density at radius 3 is 2.33 bits per heavy atom. The number of hydrogen-bond acceptors (Lipinski definition) is 2. The minimum Gasteiger partial charge on any atom is -0.364 e. The first-order valence-corrected chi connectivity index (χ1v) is 5.18. The molecule has 0 aliphatic heterocycles. The van der Waals surface area contributed by atoms with Gasteiger partial charge >= 0.3 is 0 Å². The van der Waals surface area contributed by atoms with Gasteiger partial charge in [-0.05, 0) is 19.3 Å². The van der Waals surface area contributed by atoms with Crippen molar-refractivity contribution in [3.05, 3.63) is 0 Å². The monoisotopic (exact) mass is 173 g/mol. The molecule has 0 aromatic carbocycles. The summed E-state index contributed by atoms with van der Waals surface area (Å²) in [7, 11) is 0. The zero-order chi connectivity index (χ0) is 9.23. The molecule has 0 aliphatic carbocycles. The van der Waals surface area contributed by atoms with E-state index in [1.54, 1.807) is 0 Å². The highest BCUT2D eigenvalue weighted by Gasteiger charge is 2.00. The molecule has 0 bridgehead atoms. The molecule has 0 saturated heterocycles. The average molecular weight is 173 g/mol. The third-order valence-corrected chi connectivity index (χ3v) is 1.92. The van der Waals surface area contributed by atoms with Crippen LogP contribution in [0.1, 0.15) is 52.4 Å². The minimum absolute atomic E-state index is 0.0249. The van der Waals surface area contributed by atoms with Gasteiger partial charge in [-0.15, -0.1) is 0 Å². The van der Waals surface area contributed by atoms with Crippen LogP contribution in [0.4, 0.5) is 0 Å². The molecule has 1 unspecified atom stereocenters. The highest BCUT2D eigenvalue weighted by Crippen LogP contribution is 2.03. The summed E-state index contributed by atoms with van der Waals surface area (Å²) in [5.74, 6) is 0. The molecule has 0 radical (unpaired) electrons. The van der Waals surface area contributed by atoms with E-state index in [2.05, 4.69) is 13.8 Å². The summed E-state index contributed by atoms with van der Waals surface area (Å²) in [5.41, 5.74) is 5.73. The first kappa shape index (κ1) is 11.9. The van der Waals surface area contributed by atoms with Gasteiger partial charge in [0.2, 0.25) is 0 Å². The molecular formula is C10H23NO. The number of ether oxygens (including phenoxy) is 1. The third kappa shape index (κ3) is 8.02. The predicted octanol–water partition coefficient (Wildman–Crippen LogP) is 2.67. The molecule has 0 fully saturated rings. The topological polar surface area (TPSA) is 35.2 Å². The minimum atomic E-state index is -0.0249. The fourth-order valence-electron chi connectivity index (χ4n) is 1.06. The largest absolute Gasteiger partial charge is 0.364 e. The van der Waals surface area contributed by atoms with Crippen LogP contribution in [0.15, 0.2) is 0 Å². The van der Waals surface area contributed by atoms with E-state index in [9.17, 15) is 0 Å². The van der Waals surface area contributed by atoms with E-state index in [-0.39, 0.29) is 6.23 Å². The summed E-state index contributed by atoms with van der Waals surface area (Å²) in [6.07, 6.45) is 7.01. The molecule has 1 atom stereocenters. The molecule has 0 aromatic heterocycles. The van der Waals surface area contributed by atoms with Crippen LogP contribution in [0.5, 0.6) is 0 Å². The molecule has 2 heteroatoms. The van der Waals surface area contributed by atoms with Crippen LogP contribution in [0.2, 0.25) is 0 Å². The summed E-state index contributed by atoms with van der Waals surface area (Å²) < 4.78 is 5.41. The second kappa shape index (κ2) is 9.01. The van der Waals surface area contributed by atoms with Crippen molar-refractivity contribution in [3.63, 3.8) is 0 Å². The quantitative estimate of drug-likeness (QED) is 0.452. The average Bonchev–Trinajstić information content (AvgIpc) is 2.06. The molecule has 2 N–H and O–H groups in total. The second-order valence-electron chi connectivity index (χ2n) is 3.26. The van der Waals surface area contributed by atoms with E-state index in [0.717, 1.165) is 19.4 Å². The Labute approximate surface area is 76.5 Å². The summed E-state index contributed by atoms with van der Waals surface area (Å²) in [4.78, 5) is 0. The Bertz CT molecular complexity index is 75.9. The van der Waals surface area contributed by atoms with Gasteiger partial charge in [-0.2, -0.15) is 0 Å². The molecule has 0 heterocycles. The Kier molecular flexibility index (Phi) is 8.95. The normalized spacial score (nSPS) is 13.2. The van der Waals surface area contributed by atoms with Crippen LogP contribution in [0, 0.1) is 0 Å². The molecule has 0 amide bonds. The molecule has 0 spiro atoms.